The summed E-state index contributed by atoms with van der Waals surface area (Å²) in [6.07, 6.45) is 3.28. The summed E-state index contributed by atoms with van der Waals surface area (Å²) >= 11 is 0. The highest BCUT2D eigenvalue weighted by Crippen LogP contribution is 2.28. The van der Waals surface area contributed by atoms with Gasteiger partial charge in [0.1, 0.15) is 0 Å². The standard InChI is InChI=1S/C14H19NO4S2/c1-14(7-8-20(16,17)10-14)15-21(18,19)13-6-5-11-3-2-4-12(11)9-13/h5-6,9,15H,2-4,7-8,10H2,1H3. The second-order valence-corrected chi connectivity index (χ2v) is 10.2. The van der Waals surface area contributed by atoms with Crippen LogP contribution in [-0.2, 0) is 32.7 Å². The van der Waals surface area contributed by atoms with E-state index in [0.29, 0.717) is 6.42 Å². The van der Waals surface area contributed by atoms with Gasteiger partial charge in [0.2, 0.25) is 10.0 Å². The van der Waals surface area contributed by atoms with E-state index in [1.165, 1.54) is 5.56 Å². The highest BCUT2D eigenvalue weighted by atomic mass is 32.2. The molecule has 1 aromatic carbocycles. The van der Waals surface area contributed by atoms with Crippen molar-refractivity contribution in [3.05, 3.63) is 29.3 Å². The van der Waals surface area contributed by atoms with Gasteiger partial charge in [0.25, 0.3) is 0 Å². The molecule has 1 fully saturated rings. The molecule has 21 heavy (non-hydrogen) atoms. The number of rotatable bonds is 3. The summed E-state index contributed by atoms with van der Waals surface area (Å²) in [5.74, 6) is -0.0968. The normalized spacial score (nSPS) is 27.7. The first-order valence-corrected chi connectivity index (χ1v) is 10.4. The molecular formula is C14H19NO4S2. The van der Waals surface area contributed by atoms with Crippen molar-refractivity contribution in [2.75, 3.05) is 11.5 Å². The molecule has 2 aliphatic rings. The lowest BCUT2D eigenvalue weighted by molar-refractivity contribution is 0.462. The fourth-order valence-electron chi connectivity index (χ4n) is 3.19. The van der Waals surface area contributed by atoms with Crippen molar-refractivity contribution in [3.63, 3.8) is 0 Å². The Bertz CT molecular complexity index is 783. The Labute approximate surface area is 125 Å². The molecule has 1 aliphatic carbocycles. The first-order chi connectivity index (χ1) is 9.69. The molecule has 1 atom stereocenters. The first-order valence-electron chi connectivity index (χ1n) is 7.05. The molecule has 0 amide bonds. The highest BCUT2D eigenvalue weighted by Gasteiger charge is 2.41. The van der Waals surface area contributed by atoms with Gasteiger partial charge >= 0.3 is 0 Å². The lowest BCUT2D eigenvalue weighted by atomic mass is 10.0. The van der Waals surface area contributed by atoms with Crippen LogP contribution in [-0.4, -0.2) is 33.9 Å². The Morgan fingerprint density at radius 1 is 1.19 bits per heavy atom. The quantitative estimate of drug-likeness (QED) is 0.898. The molecular weight excluding hydrogens is 310 g/mol. The van der Waals surface area contributed by atoms with E-state index in [-0.39, 0.29) is 16.4 Å². The van der Waals surface area contributed by atoms with Gasteiger partial charge in [0.05, 0.1) is 16.4 Å². The minimum absolute atomic E-state index is 0.0379. The smallest absolute Gasteiger partial charge is 0.229 e. The van der Waals surface area contributed by atoms with Crippen molar-refractivity contribution in [1.29, 1.82) is 0 Å². The molecule has 116 valence electrons. The maximum absolute atomic E-state index is 12.5. The maximum Gasteiger partial charge on any atom is 0.241 e. The van der Waals surface area contributed by atoms with Gasteiger partial charge in [-0.3, -0.25) is 0 Å². The number of sulfonamides is 1. The van der Waals surface area contributed by atoms with E-state index >= 15 is 0 Å². The Kier molecular flexibility index (Phi) is 3.42. The van der Waals surface area contributed by atoms with Crippen LogP contribution in [0.3, 0.4) is 0 Å². The van der Waals surface area contributed by atoms with Crippen LogP contribution in [0.5, 0.6) is 0 Å². The van der Waals surface area contributed by atoms with E-state index in [2.05, 4.69) is 4.72 Å². The Morgan fingerprint density at radius 2 is 1.90 bits per heavy atom. The predicted molar refractivity (Wildman–Crippen MR) is 80.5 cm³/mol. The van der Waals surface area contributed by atoms with Crippen molar-refractivity contribution >= 4 is 19.9 Å². The summed E-state index contributed by atoms with van der Waals surface area (Å²) in [7, 11) is -6.83. The molecule has 1 unspecified atom stereocenters. The zero-order valence-electron chi connectivity index (χ0n) is 11.9. The van der Waals surface area contributed by atoms with Crippen LogP contribution in [0.4, 0.5) is 0 Å². The van der Waals surface area contributed by atoms with Crippen LogP contribution in [0.25, 0.3) is 0 Å². The minimum atomic E-state index is -3.69. The van der Waals surface area contributed by atoms with Gasteiger partial charge in [-0.25, -0.2) is 21.6 Å². The van der Waals surface area contributed by atoms with Crippen LogP contribution >= 0.6 is 0 Å². The molecule has 7 heteroatoms. The van der Waals surface area contributed by atoms with Gasteiger partial charge in [-0.15, -0.1) is 0 Å². The third-order valence-corrected chi connectivity index (χ3v) is 7.80. The molecule has 1 saturated heterocycles. The number of benzene rings is 1. The number of fused-ring (bicyclic) bond motifs is 1. The van der Waals surface area contributed by atoms with Crippen molar-refractivity contribution in [1.82, 2.24) is 4.72 Å². The Balaban J connectivity index is 1.88. The lowest BCUT2D eigenvalue weighted by Gasteiger charge is -2.23. The highest BCUT2D eigenvalue weighted by molar-refractivity contribution is 7.92. The summed E-state index contributed by atoms with van der Waals surface area (Å²) in [5, 5.41) is 0. The van der Waals surface area contributed by atoms with Crippen molar-refractivity contribution < 1.29 is 16.8 Å². The molecule has 3 rings (SSSR count). The zero-order valence-corrected chi connectivity index (χ0v) is 13.6. The van der Waals surface area contributed by atoms with Crippen molar-refractivity contribution in [2.45, 2.75) is 43.0 Å². The molecule has 0 bridgehead atoms. The van der Waals surface area contributed by atoms with Gasteiger partial charge in [0.15, 0.2) is 9.84 Å². The van der Waals surface area contributed by atoms with Crippen LogP contribution in [0.1, 0.15) is 30.9 Å². The molecule has 1 heterocycles. The monoisotopic (exact) mass is 329 g/mol. The average Bonchev–Trinajstić information content (AvgIpc) is 2.91. The molecule has 1 N–H and O–H groups in total. The van der Waals surface area contributed by atoms with Crippen LogP contribution < -0.4 is 4.72 Å². The summed E-state index contributed by atoms with van der Waals surface area (Å²) < 4.78 is 50.8. The predicted octanol–water partition coefficient (Wildman–Crippen LogP) is 1.03. The minimum Gasteiger partial charge on any atom is -0.229 e. The van der Waals surface area contributed by atoms with Gasteiger partial charge in [-0.2, -0.15) is 0 Å². The number of hydrogen-bond acceptors (Lipinski definition) is 4. The van der Waals surface area contributed by atoms with E-state index in [4.69, 9.17) is 0 Å². The van der Waals surface area contributed by atoms with Gasteiger partial charge in [0, 0.05) is 5.54 Å². The number of nitrogens with one attached hydrogen (secondary N) is 1. The van der Waals surface area contributed by atoms with Gasteiger partial charge < -0.3 is 0 Å². The first kappa shape index (κ1) is 15.0. The average molecular weight is 329 g/mol. The largest absolute Gasteiger partial charge is 0.241 e. The third-order valence-electron chi connectivity index (χ3n) is 4.26. The zero-order chi connectivity index (χ0) is 15.3. The fraction of sp³-hybridized carbons (Fsp3) is 0.571. The van der Waals surface area contributed by atoms with Gasteiger partial charge in [-0.05, 0) is 55.9 Å². The molecule has 0 radical (unpaired) electrons. The molecule has 1 aromatic rings. The summed E-state index contributed by atoms with van der Waals surface area (Å²) in [4.78, 5) is 0.230. The van der Waals surface area contributed by atoms with Crippen LogP contribution in [0.2, 0.25) is 0 Å². The van der Waals surface area contributed by atoms with E-state index in [9.17, 15) is 16.8 Å². The molecule has 0 saturated carbocycles. The summed E-state index contributed by atoms with van der Waals surface area (Å²) in [5.41, 5.74) is 1.39. The molecule has 1 aliphatic heterocycles. The van der Waals surface area contributed by atoms with Crippen LogP contribution in [0.15, 0.2) is 23.1 Å². The molecule has 5 nitrogen and oxygen atoms in total. The maximum atomic E-state index is 12.5. The second kappa shape index (κ2) is 4.79. The summed E-state index contributed by atoms with van der Waals surface area (Å²) in [6, 6.07) is 5.20. The second-order valence-electron chi connectivity index (χ2n) is 6.29. The van der Waals surface area contributed by atoms with E-state index in [1.807, 2.05) is 6.07 Å². The van der Waals surface area contributed by atoms with E-state index < -0.39 is 25.4 Å². The molecule has 0 spiro atoms. The Morgan fingerprint density at radius 3 is 2.57 bits per heavy atom. The lowest BCUT2D eigenvalue weighted by Crippen LogP contribution is -2.46. The van der Waals surface area contributed by atoms with Crippen molar-refractivity contribution in [3.8, 4) is 0 Å². The van der Waals surface area contributed by atoms with E-state index in [1.54, 1.807) is 19.1 Å². The summed E-state index contributed by atoms with van der Waals surface area (Å²) in [6.45, 7) is 1.66. The van der Waals surface area contributed by atoms with Gasteiger partial charge in [-0.1, -0.05) is 6.07 Å². The fourth-order valence-corrected chi connectivity index (χ4v) is 6.86. The SMILES string of the molecule is CC1(NS(=O)(=O)c2ccc3c(c2)CCC3)CCS(=O)(=O)C1. The topological polar surface area (TPSA) is 80.3 Å². The van der Waals surface area contributed by atoms with E-state index in [0.717, 1.165) is 24.8 Å². The molecule has 0 aromatic heterocycles. The van der Waals surface area contributed by atoms with Crippen molar-refractivity contribution in [2.24, 2.45) is 0 Å². The number of hydrogen-bond donors (Lipinski definition) is 1. The number of aryl methyl sites for hydroxylation is 2. The van der Waals surface area contributed by atoms with Crippen LogP contribution in [0, 0.1) is 0 Å². The Hall–Kier alpha value is -0.920. The number of sulfone groups is 1. The third kappa shape index (κ3) is 3.00.